The molecule has 0 bridgehead atoms. The molecule has 1 unspecified atom stereocenters. The molecule has 0 saturated heterocycles. The number of hydrogen-bond acceptors (Lipinski definition) is 1. The Morgan fingerprint density at radius 3 is 2.60 bits per heavy atom. The van der Waals surface area contributed by atoms with Crippen LogP contribution in [0.3, 0.4) is 0 Å². The summed E-state index contributed by atoms with van der Waals surface area (Å²) in [6, 6.07) is 11.3. The van der Waals surface area contributed by atoms with E-state index in [0.29, 0.717) is 16.5 Å². The molecule has 0 heterocycles. The fourth-order valence-electron chi connectivity index (χ4n) is 2.22. The summed E-state index contributed by atoms with van der Waals surface area (Å²) < 4.78 is 28.0. The van der Waals surface area contributed by atoms with Crippen LogP contribution in [0.25, 0.3) is 0 Å². The first-order valence-corrected chi connectivity index (χ1v) is 7.32. The van der Waals surface area contributed by atoms with Crippen LogP contribution in [0.4, 0.5) is 8.78 Å². The fraction of sp³-hybridized carbons (Fsp3) is 0.250. The van der Waals surface area contributed by atoms with Gasteiger partial charge in [-0.3, -0.25) is 0 Å². The minimum absolute atomic E-state index is 0.171. The van der Waals surface area contributed by atoms with Crippen molar-refractivity contribution in [3.63, 3.8) is 0 Å². The number of likely N-dealkylation sites (N-methyl/N-ethyl adjacent to an activating group) is 1. The Kier molecular flexibility index (Phi) is 5.26. The maximum absolute atomic E-state index is 14.1. The van der Waals surface area contributed by atoms with Crippen molar-refractivity contribution in [1.29, 1.82) is 0 Å². The molecule has 20 heavy (non-hydrogen) atoms. The Labute approximate surface area is 126 Å². The van der Waals surface area contributed by atoms with Crippen molar-refractivity contribution in [2.45, 2.75) is 19.4 Å². The van der Waals surface area contributed by atoms with Crippen molar-refractivity contribution in [2.75, 3.05) is 6.54 Å². The summed E-state index contributed by atoms with van der Waals surface area (Å²) in [6.45, 7) is 2.69. The van der Waals surface area contributed by atoms with E-state index in [1.165, 1.54) is 18.2 Å². The molecule has 0 saturated carbocycles. The molecule has 0 amide bonds. The standard InChI is InChI=1S/C16H16BrF2N/c1-2-20-16(9-11-4-3-5-13(18)8-11)14-7-6-12(17)10-15(14)19/h3-8,10,16,20H,2,9H2,1H3. The maximum Gasteiger partial charge on any atom is 0.129 e. The van der Waals surface area contributed by atoms with Crippen molar-refractivity contribution in [3.8, 4) is 0 Å². The molecule has 0 aliphatic rings. The van der Waals surface area contributed by atoms with Crippen LogP contribution in [0.2, 0.25) is 0 Å². The molecule has 0 aliphatic carbocycles. The van der Waals surface area contributed by atoms with Crippen LogP contribution >= 0.6 is 15.9 Å². The molecule has 0 aliphatic heterocycles. The van der Waals surface area contributed by atoms with Crippen molar-refractivity contribution < 1.29 is 8.78 Å². The van der Waals surface area contributed by atoms with Crippen molar-refractivity contribution in [2.24, 2.45) is 0 Å². The Bertz CT molecular complexity index is 586. The van der Waals surface area contributed by atoms with Gasteiger partial charge in [-0.1, -0.05) is 41.1 Å². The van der Waals surface area contributed by atoms with Gasteiger partial charge < -0.3 is 5.32 Å². The number of halogens is 3. The minimum atomic E-state index is -0.269. The molecular formula is C16H16BrF2N. The lowest BCUT2D eigenvalue weighted by molar-refractivity contribution is 0.508. The smallest absolute Gasteiger partial charge is 0.129 e. The first-order valence-electron chi connectivity index (χ1n) is 6.53. The first kappa shape index (κ1) is 15.1. The lowest BCUT2D eigenvalue weighted by Crippen LogP contribution is -2.24. The molecular weight excluding hydrogens is 324 g/mol. The number of nitrogens with one attached hydrogen (secondary N) is 1. The van der Waals surface area contributed by atoms with Gasteiger partial charge in [0.15, 0.2) is 0 Å². The van der Waals surface area contributed by atoms with E-state index in [-0.39, 0.29) is 17.7 Å². The van der Waals surface area contributed by atoms with E-state index in [4.69, 9.17) is 0 Å². The fourth-order valence-corrected chi connectivity index (χ4v) is 2.56. The Morgan fingerprint density at radius 2 is 1.95 bits per heavy atom. The summed E-state index contributed by atoms with van der Waals surface area (Å²) in [5.41, 5.74) is 1.44. The number of rotatable bonds is 5. The van der Waals surface area contributed by atoms with Crippen LogP contribution in [0.5, 0.6) is 0 Å². The van der Waals surface area contributed by atoms with E-state index in [2.05, 4.69) is 21.2 Å². The van der Waals surface area contributed by atoms with Crippen LogP contribution in [0, 0.1) is 11.6 Å². The van der Waals surface area contributed by atoms with Gasteiger partial charge in [-0.25, -0.2) is 8.78 Å². The molecule has 0 radical (unpaired) electrons. The summed E-state index contributed by atoms with van der Waals surface area (Å²) in [6.07, 6.45) is 0.546. The molecule has 106 valence electrons. The molecule has 2 aromatic carbocycles. The van der Waals surface area contributed by atoms with Gasteiger partial charge in [0.25, 0.3) is 0 Å². The summed E-state index contributed by atoms with van der Waals surface area (Å²) >= 11 is 3.25. The van der Waals surface area contributed by atoms with Crippen molar-refractivity contribution >= 4 is 15.9 Å². The second-order valence-corrected chi connectivity index (χ2v) is 5.53. The quantitative estimate of drug-likeness (QED) is 0.837. The van der Waals surface area contributed by atoms with E-state index in [0.717, 1.165) is 12.1 Å². The minimum Gasteiger partial charge on any atom is -0.310 e. The highest BCUT2D eigenvalue weighted by Crippen LogP contribution is 2.24. The number of hydrogen-bond donors (Lipinski definition) is 1. The third-order valence-corrected chi connectivity index (χ3v) is 3.61. The average molecular weight is 340 g/mol. The highest BCUT2D eigenvalue weighted by Gasteiger charge is 2.16. The topological polar surface area (TPSA) is 12.0 Å². The first-order chi connectivity index (χ1) is 9.60. The van der Waals surface area contributed by atoms with E-state index in [1.54, 1.807) is 12.1 Å². The van der Waals surface area contributed by atoms with Gasteiger partial charge in [-0.05, 0) is 42.8 Å². The Morgan fingerprint density at radius 1 is 1.15 bits per heavy atom. The van der Waals surface area contributed by atoms with Gasteiger partial charge in [0.1, 0.15) is 11.6 Å². The second-order valence-electron chi connectivity index (χ2n) is 4.61. The summed E-state index contributed by atoms with van der Waals surface area (Å²) in [5.74, 6) is -0.532. The van der Waals surface area contributed by atoms with Gasteiger partial charge in [0.05, 0.1) is 0 Å². The molecule has 0 spiro atoms. The van der Waals surface area contributed by atoms with Gasteiger partial charge in [-0.15, -0.1) is 0 Å². The van der Waals surface area contributed by atoms with Gasteiger partial charge in [0, 0.05) is 16.1 Å². The van der Waals surface area contributed by atoms with Crippen LogP contribution in [0.1, 0.15) is 24.1 Å². The molecule has 2 aromatic rings. The predicted molar refractivity (Wildman–Crippen MR) is 80.6 cm³/mol. The summed E-state index contributed by atoms with van der Waals surface area (Å²) in [7, 11) is 0. The highest BCUT2D eigenvalue weighted by atomic mass is 79.9. The number of benzene rings is 2. The summed E-state index contributed by atoms with van der Waals surface area (Å²) in [5, 5.41) is 3.25. The second kappa shape index (κ2) is 6.95. The van der Waals surface area contributed by atoms with Crippen LogP contribution in [-0.2, 0) is 6.42 Å². The SMILES string of the molecule is CCNC(Cc1cccc(F)c1)c1ccc(Br)cc1F. The zero-order chi connectivity index (χ0) is 14.5. The zero-order valence-corrected chi connectivity index (χ0v) is 12.8. The van der Waals surface area contributed by atoms with Gasteiger partial charge in [0.2, 0.25) is 0 Å². The highest BCUT2D eigenvalue weighted by molar-refractivity contribution is 9.10. The van der Waals surface area contributed by atoms with Gasteiger partial charge >= 0.3 is 0 Å². The van der Waals surface area contributed by atoms with Crippen LogP contribution in [-0.4, -0.2) is 6.54 Å². The third kappa shape index (κ3) is 3.87. The Balaban J connectivity index is 2.26. The van der Waals surface area contributed by atoms with Gasteiger partial charge in [-0.2, -0.15) is 0 Å². The molecule has 1 nitrogen and oxygen atoms in total. The van der Waals surface area contributed by atoms with E-state index >= 15 is 0 Å². The molecule has 0 aromatic heterocycles. The summed E-state index contributed by atoms with van der Waals surface area (Å²) in [4.78, 5) is 0. The molecule has 1 atom stereocenters. The van der Waals surface area contributed by atoms with E-state index in [1.807, 2.05) is 19.1 Å². The van der Waals surface area contributed by atoms with E-state index in [9.17, 15) is 8.78 Å². The van der Waals surface area contributed by atoms with E-state index < -0.39 is 0 Å². The van der Waals surface area contributed by atoms with Crippen LogP contribution < -0.4 is 5.32 Å². The predicted octanol–water partition coefficient (Wildman–Crippen LogP) is 4.62. The largest absolute Gasteiger partial charge is 0.310 e. The molecule has 4 heteroatoms. The maximum atomic E-state index is 14.1. The lowest BCUT2D eigenvalue weighted by atomic mass is 9.98. The normalized spacial score (nSPS) is 12.4. The van der Waals surface area contributed by atoms with Crippen molar-refractivity contribution in [3.05, 3.63) is 69.7 Å². The zero-order valence-electron chi connectivity index (χ0n) is 11.2. The Hall–Kier alpha value is -1.26. The third-order valence-electron chi connectivity index (χ3n) is 3.12. The molecule has 0 fully saturated rings. The van der Waals surface area contributed by atoms with Crippen LogP contribution in [0.15, 0.2) is 46.9 Å². The lowest BCUT2D eigenvalue weighted by Gasteiger charge is -2.19. The average Bonchev–Trinajstić information content (AvgIpc) is 2.38. The monoisotopic (exact) mass is 339 g/mol. The molecule has 1 N–H and O–H groups in total. The molecule has 2 rings (SSSR count). The van der Waals surface area contributed by atoms with Crippen molar-refractivity contribution in [1.82, 2.24) is 5.32 Å².